The fourth-order valence-electron chi connectivity index (χ4n) is 3.16. The average Bonchev–Trinajstić information content (AvgIpc) is 2.49. The molecule has 0 amide bonds. The van der Waals surface area contributed by atoms with Crippen molar-refractivity contribution in [1.29, 1.82) is 0 Å². The van der Waals surface area contributed by atoms with Crippen LogP contribution in [0, 0.1) is 11.8 Å². The molecule has 1 saturated carbocycles. The molecule has 1 fully saturated rings. The first-order valence-electron chi connectivity index (χ1n) is 8.58. The van der Waals surface area contributed by atoms with Crippen LogP contribution in [0.4, 0.5) is 0 Å². The Bertz CT molecular complexity index is 664. The molecule has 0 aromatic heterocycles. The lowest BCUT2D eigenvalue weighted by molar-refractivity contribution is -0.123. The van der Waals surface area contributed by atoms with Crippen LogP contribution in [0.25, 0.3) is 0 Å². The van der Waals surface area contributed by atoms with Gasteiger partial charge >= 0.3 is 0 Å². The minimum absolute atomic E-state index is 0.0641. The molecule has 0 N–H and O–H groups in total. The van der Waals surface area contributed by atoms with Gasteiger partial charge in [0, 0.05) is 17.4 Å². The number of Topliss-reactive ketones (excluding diaryl/α,β-unsaturated/α-hetero) is 1. The van der Waals surface area contributed by atoms with Crippen LogP contribution >= 0.6 is 11.6 Å². The Morgan fingerprint density at radius 1 is 1.08 bits per heavy atom. The van der Waals surface area contributed by atoms with Crippen LogP contribution in [-0.2, 0) is 21.1 Å². The molecule has 5 heteroatoms. The molecule has 0 spiro atoms. The van der Waals surface area contributed by atoms with Crippen molar-refractivity contribution in [3.63, 3.8) is 0 Å². The molecule has 3 nitrogen and oxygen atoms in total. The van der Waals surface area contributed by atoms with Crippen molar-refractivity contribution in [2.45, 2.75) is 57.6 Å². The van der Waals surface area contributed by atoms with Crippen molar-refractivity contribution in [2.75, 3.05) is 5.75 Å². The third-order valence-electron chi connectivity index (χ3n) is 4.98. The molecule has 0 saturated heterocycles. The summed E-state index contributed by atoms with van der Waals surface area (Å²) in [6.45, 7) is 5.26. The Hall–Kier alpha value is -0.870. The number of hydrogen-bond donors (Lipinski definition) is 0. The van der Waals surface area contributed by atoms with Crippen molar-refractivity contribution < 1.29 is 13.2 Å². The molecule has 1 aromatic rings. The maximum absolute atomic E-state index is 12.5. The maximum atomic E-state index is 12.5. The summed E-state index contributed by atoms with van der Waals surface area (Å²) in [6, 6.07) is 7.39. The number of sulfone groups is 1. The quantitative estimate of drug-likeness (QED) is 0.768. The van der Waals surface area contributed by atoms with Gasteiger partial charge < -0.3 is 0 Å². The first kappa shape index (κ1) is 19.5. The first-order valence-corrected chi connectivity index (χ1v) is 10.6. The molecular formula is C19H27ClO3S. The normalized spacial score (nSPS) is 22.3. The van der Waals surface area contributed by atoms with Crippen LogP contribution in [0.5, 0.6) is 0 Å². The summed E-state index contributed by atoms with van der Waals surface area (Å²) < 4.78 is 24.0. The molecule has 0 atom stereocenters. The van der Waals surface area contributed by atoms with Gasteiger partial charge in [-0.1, -0.05) is 23.7 Å². The second-order valence-electron chi connectivity index (χ2n) is 7.88. The molecule has 0 aliphatic heterocycles. The van der Waals surface area contributed by atoms with Gasteiger partial charge in [-0.2, -0.15) is 0 Å². The van der Waals surface area contributed by atoms with E-state index < -0.39 is 14.6 Å². The predicted molar refractivity (Wildman–Crippen MR) is 99.2 cm³/mol. The average molecular weight is 371 g/mol. The fourth-order valence-corrected chi connectivity index (χ4v) is 4.74. The summed E-state index contributed by atoms with van der Waals surface area (Å²) in [5, 5.41) is 0.673. The lowest BCUT2D eigenvalue weighted by atomic mass is 9.79. The van der Waals surface area contributed by atoms with E-state index in [9.17, 15) is 13.2 Å². The van der Waals surface area contributed by atoms with Gasteiger partial charge in [0.1, 0.15) is 5.78 Å². The van der Waals surface area contributed by atoms with E-state index in [4.69, 9.17) is 11.6 Å². The maximum Gasteiger partial charge on any atom is 0.155 e. The zero-order valence-electron chi connectivity index (χ0n) is 14.7. The highest BCUT2D eigenvalue weighted by Crippen LogP contribution is 2.33. The summed E-state index contributed by atoms with van der Waals surface area (Å²) in [7, 11) is -3.09. The lowest BCUT2D eigenvalue weighted by Gasteiger charge is -2.30. The topological polar surface area (TPSA) is 51.2 Å². The van der Waals surface area contributed by atoms with E-state index >= 15 is 0 Å². The Morgan fingerprint density at radius 3 is 2.12 bits per heavy atom. The SMILES string of the molecule is CC(C)(C)S(=O)(=O)CC1CCC(C(=O)Cc2ccc(Cl)cc2)CC1. The number of carbonyl (C=O) groups excluding carboxylic acids is 1. The van der Waals surface area contributed by atoms with Gasteiger partial charge in [0.25, 0.3) is 0 Å². The molecule has 134 valence electrons. The van der Waals surface area contributed by atoms with Gasteiger partial charge in [-0.05, 0) is 70.1 Å². The fraction of sp³-hybridized carbons (Fsp3) is 0.632. The minimum atomic E-state index is -3.09. The van der Waals surface area contributed by atoms with E-state index in [1.807, 2.05) is 12.1 Å². The summed E-state index contributed by atoms with van der Waals surface area (Å²) in [5.74, 6) is 0.756. The van der Waals surface area contributed by atoms with E-state index in [-0.39, 0.29) is 23.4 Å². The number of rotatable bonds is 5. The highest BCUT2D eigenvalue weighted by atomic mass is 35.5. The number of benzene rings is 1. The zero-order valence-corrected chi connectivity index (χ0v) is 16.3. The number of hydrogen-bond acceptors (Lipinski definition) is 3. The lowest BCUT2D eigenvalue weighted by Crippen LogP contribution is -2.35. The Balaban J connectivity index is 1.86. The van der Waals surface area contributed by atoms with Gasteiger partial charge in [-0.25, -0.2) is 8.42 Å². The van der Waals surface area contributed by atoms with Crippen molar-refractivity contribution in [2.24, 2.45) is 11.8 Å². The monoisotopic (exact) mass is 370 g/mol. The summed E-state index contributed by atoms with van der Waals surface area (Å²) in [5.41, 5.74) is 0.988. The predicted octanol–water partition coefficient (Wildman–Crippen LogP) is 4.47. The first-order chi connectivity index (χ1) is 11.1. The van der Waals surface area contributed by atoms with Gasteiger partial charge in [0.05, 0.1) is 10.5 Å². The van der Waals surface area contributed by atoms with Crippen molar-refractivity contribution in [3.05, 3.63) is 34.9 Å². The number of ketones is 1. The van der Waals surface area contributed by atoms with E-state index in [0.29, 0.717) is 11.4 Å². The molecular weight excluding hydrogens is 344 g/mol. The highest BCUT2D eigenvalue weighted by molar-refractivity contribution is 7.92. The van der Waals surface area contributed by atoms with Gasteiger partial charge in [0.2, 0.25) is 0 Å². The van der Waals surface area contributed by atoms with Crippen LogP contribution in [-0.4, -0.2) is 24.7 Å². The molecule has 24 heavy (non-hydrogen) atoms. The molecule has 1 aromatic carbocycles. The van der Waals surface area contributed by atoms with E-state index in [1.165, 1.54) is 0 Å². The molecule has 0 heterocycles. The molecule has 1 aliphatic carbocycles. The van der Waals surface area contributed by atoms with E-state index in [2.05, 4.69) is 0 Å². The summed E-state index contributed by atoms with van der Waals surface area (Å²) in [4.78, 5) is 12.5. The summed E-state index contributed by atoms with van der Waals surface area (Å²) >= 11 is 5.86. The molecule has 1 aliphatic rings. The molecule has 0 bridgehead atoms. The van der Waals surface area contributed by atoms with Crippen molar-refractivity contribution in [3.8, 4) is 0 Å². The van der Waals surface area contributed by atoms with Crippen LogP contribution in [0.2, 0.25) is 5.02 Å². The van der Waals surface area contributed by atoms with Crippen molar-refractivity contribution >= 4 is 27.2 Å². The van der Waals surface area contributed by atoms with Gasteiger partial charge in [-0.3, -0.25) is 4.79 Å². The summed E-state index contributed by atoms with van der Waals surface area (Å²) in [6.07, 6.45) is 3.69. The standard InChI is InChI=1S/C19H27ClO3S/c1-19(2,3)24(22,23)13-15-4-8-16(9-5-15)18(21)12-14-6-10-17(20)11-7-14/h6-7,10-11,15-16H,4-5,8-9,12-13H2,1-3H3. The van der Waals surface area contributed by atoms with Crippen LogP contribution in [0.1, 0.15) is 52.0 Å². The Labute approximate surface area is 150 Å². The van der Waals surface area contributed by atoms with Gasteiger partial charge in [-0.15, -0.1) is 0 Å². The van der Waals surface area contributed by atoms with E-state index in [0.717, 1.165) is 31.2 Å². The molecule has 2 rings (SSSR count). The van der Waals surface area contributed by atoms with Crippen LogP contribution in [0.3, 0.4) is 0 Å². The largest absolute Gasteiger partial charge is 0.299 e. The third-order valence-corrected chi connectivity index (χ3v) is 8.01. The molecule has 0 unspecified atom stereocenters. The molecule has 0 radical (unpaired) electrons. The second kappa shape index (κ2) is 7.57. The van der Waals surface area contributed by atoms with Crippen molar-refractivity contribution in [1.82, 2.24) is 0 Å². The number of halogens is 1. The van der Waals surface area contributed by atoms with E-state index in [1.54, 1.807) is 32.9 Å². The van der Waals surface area contributed by atoms with Gasteiger partial charge in [0.15, 0.2) is 9.84 Å². The second-order valence-corrected chi connectivity index (χ2v) is 11.1. The smallest absolute Gasteiger partial charge is 0.155 e. The highest BCUT2D eigenvalue weighted by Gasteiger charge is 2.34. The minimum Gasteiger partial charge on any atom is -0.299 e. The third kappa shape index (κ3) is 5.06. The van der Waals surface area contributed by atoms with Crippen LogP contribution in [0.15, 0.2) is 24.3 Å². The Morgan fingerprint density at radius 2 is 1.62 bits per heavy atom. The zero-order chi connectivity index (χ0) is 18.0. The Kier molecular flexibility index (Phi) is 6.14. The van der Waals surface area contributed by atoms with Crippen LogP contribution < -0.4 is 0 Å². The number of carbonyl (C=O) groups is 1.